The summed E-state index contributed by atoms with van der Waals surface area (Å²) in [6.07, 6.45) is 0. The summed E-state index contributed by atoms with van der Waals surface area (Å²) in [5.41, 5.74) is 3.54. The van der Waals surface area contributed by atoms with E-state index in [1.807, 2.05) is 26.0 Å². The van der Waals surface area contributed by atoms with E-state index in [0.29, 0.717) is 29.6 Å². The topological polar surface area (TPSA) is 47.6 Å². The zero-order valence-corrected chi connectivity index (χ0v) is 15.0. The van der Waals surface area contributed by atoms with Crippen LogP contribution in [-0.2, 0) is 0 Å². The van der Waals surface area contributed by atoms with E-state index in [0.717, 1.165) is 16.8 Å². The lowest BCUT2D eigenvalue weighted by Crippen LogP contribution is -2.13. The second kappa shape index (κ2) is 7.86. The van der Waals surface area contributed by atoms with E-state index >= 15 is 0 Å². The molecule has 0 bridgehead atoms. The molecule has 4 heteroatoms. The molecule has 0 spiro atoms. The Balaban J connectivity index is 2.17. The molecule has 128 valence electrons. The molecule has 0 saturated heterocycles. The third-order valence-corrected chi connectivity index (χ3v) is 3.48. The summed E-state index contributed by atoms with van der Waals surface area (Å²) in [4.78, 5) is 12.5. The molecule has 2 aromatic carbocycles. The minimum absolute atomic E-state index is 0.172. The van der Waals surface area contributed by atoms with Crippen molar-refractivity contribution in [3.05, 3.63) is 53.1 Å². The van der Waals surface area contributed by atoms with Crippen molar-refractivity contribution in [3.63, 3.8) is 0 Å². The van der Waals surface area contributed by atoms with Gasteiger partial charge >= 0.3 is 0 Å². The summed E-state index contributed by atoms with van der Waals surface area (Å²) in [6.45, 7) is 8.78. The number of anilines is 1. The number of nitrogens with one attached hydrogen (secondary N) is 1. The lowest BCUT2D eigenvalue weighted by atomic mass is 10.1. The van der Waals surface area contributed by atoms with Crippen molar-refractivity contribution < 1.29 is 14.3 Å². The standard InChI is InChI=1S/C20H25NO3/c1-13(2)12-24-18-7-6-16(11-19(18)23-5)20(22)21-17-9-14(3)8-15(4)10-17/h6-11,13H,12H2,1-5H3,(H,21,22). The molecule has 0 atom stereocenters. The first-order chi connectivity index (χ1) is 11.4. The van der Waals surface area contributed by atoms with Gasteiger partial charge in [-0.25, -0.2) is 0 Å². The molecule has 0 unspecified atom stereocenters. The quantitative estimate of drug-likeness (QED) is 0.843. The molecule has 2 rings (SSSR count). The Hall–Kier alpha value is -2.49. The van der Waals surface area contributed by atoms with Gasteiger partial charge in [-0.05, 0) is 61.2 Å². The number of amides is 1. The molecule has 1 amide bonds. The lowest BCUT2D eigenvalue weighted by molar-refractivity contribution is 0.102. The van der Waals surface area contributed by atoms with Crippen LogP contribution in [0.15, 0.2) is 36.4 Å². The molecule has 0 aliphatic heterocycles. The predicted molar refractivity (Wildman–Crippen MR) is 97.2 cm³/mol. The van der Waals surface area contributed by atoms with Gasteiger partial charge in [-0.2, -0.15) is 0 Å². The number of aryl methyl sites for hydroxylation is 2. The van der Waals surface area contributed by atoms with Gasteiger partial charge in [0.25, 0.3) is 5.91 Å². The number of carbonyl (C=O) groups is 1. The van der Waals surface area contributed by atoms with Gasteiger partial charge in [0.2, 0.25) is 0 Å². The second-order valence-corrected chi connectivity index (χ2v) is 6.40. The van der Waals surface area contributed by atoms with Crippen molar-refractivity contribution in [3.8, 4) is 11.5 Å². The van der Waals surface area contributed by atoms with Gasteiger partial charge in [0.1, 0.15) is 0 Å². The summed E-state index contributed by atoms with van der Waals surface area (Å²) in [5, 5.41) is 2.93. The van der Waals surface area contributed by atoms with Gasteiger partial charge in [-0.3, -0.25) is 4.79 Å². The van der Waals surface area contributed by atoms with Crippen LogP contribution >= 0.6 is 0 Å². The van der Waals surface area contributed by atoms with Crippen LogP contribution in [0.3, 0.4) is 0 Å². The molecule has 1 N–H and O–H groups in total. The van der Waals surface area contributed by atoms with Crippen LogP contribution in [0.2, 0.25) is 0 Å². The fourth-order valence-corrected chi connectivity index (χ4v) is 2.43. The first-order valence-corrected chi connectivity index (χ1v) is 8.09. The van der Waals surface area contributed by atoms with Crippen LogP contribution in [-0.4, -0.2) is 19.6 Å². The summed E-state index contributed by atoms with van der Waals surface area (Å²) in [5.74, 6) is 1.45. The van der Waals surface area contributed by atoms with Crippen molar-refractivity contribution in [2.75, 3.05) is 19.0 Å². The molecule has 0 aliphatic carbocycles. The third-order valence-electron chi connectivity index (χ3n) is 3.48. The Morgan fingerprint density at radius 3 is 2.29 bits per heavy atom. The van der Waals surface area contributed by atoms with Gasteiger partial charge in [0.15, 0.2) is 11.5 Å². The Morgan fingerprint density at radius 2 is 1.71 bits per heavy atom. The highest BCUT2D eigenvalue weighted by Crippen LogP contribution is 2.29. The number of rotatable bonds is 6. The molecule has 4 nitrogen and oxygen atoms in total. The van der Waals surface area contributed by atoms with E-state index in [1.54, 1.807) is 25.3 Å². The molecule has 0 fully saturated rings. The molecule has 0 aromatic heterocycles. The van der Waals surface area contributed by atoms with Crippen LogP contribution in [0.5, 0.6) is 11.5 Å². The van der Waals surface area contributed by atoms with Gasteiger partial charge < -0.3 is 14.8 Å². The van der Waals surface area contributed by atoms with E-state index in [2.05, 4.69) is 25.2 Å². The number of hydrogen-bond acceptors (Lipinski definition) is 3. The van der Waals surface area contributed by atoms with E-state index < -0.39 is 0 Å². The normalized spacial score (nSPS) is 10.6. The Morgan fingerprint density at radius 1 is 1.04 bits per heavy atom. The van der Waals surface area contributed by atoms with Crippen molar-refractivity contribution in [2.45, 2.75) is 27.7 Å². The van der Waals surface area contributed by atoms with Gasteiger partial charge in [0.05, 0.1) is 13.7 Å². The minimum atomic E-state index is -0.172. The third kappa shape index (κ3) is 4.75. The zero-order valence-electron chi connectivity index (χ0n) is 15.0. The maximum Gasteiger partial charge on any atom is 0.255 e. The molecular formula is C20H25NO3. The highest BCUT2D eigenvalue weighted by molar-refractivity contribution is 6.04. The average Bonchev–Trinajstić information content (AvgIpc) is 2.51. The van der Waals surface area contributed by atoms with Crippen molar-refractivity contribution in [1.82, 2.24) is 0 Å². The van der Waals surface area contributed by atoms with Gasteiger partial charge in [-0.15, -0.1) is 0 Å². The number of ether oxygens (including phenoxy) is 2. The van der Waals surface area contributed by atoms with Crippen LogP contribution < -0.4 is 14.8 Å². The summed E-state index contributed by atoms with van der Waals surface area (Å²) in [6, 6.07) is 11.2. The Bertz CT molecular complexity index is 703. The highest BCUT2D eigenvalue weighted by Gasteiger charge is 2.12. The Kier molecular flexibility index (Phi) is 5.85. The van der Waals surface area contributed by atoms with Crippen LogP contribution in [0.4, 0.5) is 5.69 Å². The molecule has 24 heavy (non-hydrogen) atoms. The molecule has 0 saturated carbocycles. The number of benzene rings is 2. The van der Waals surface area contributed by atoms with Crippen molar-refractivity contribution >= 4 is 11.6 Å². The van der Waals surface area contributed by atoms with Gasteiger partial charge in [-0.1, -0.05) is 19.9 Å². The Labute approximate surface area is 143 Å². The maximum atomic E-state index is 12.5. The summed E-state index contributed by atoms with van der Waals surface area (Å²) < 4.78 is 11.1. The molecular weight excluding hydrogens is 302 g/mol. The SMILES string of the molecule is COc1cc(C(=O)Nc2cc(C)cc(C)c2)ccc1OCC(C)C. The fraction of sp³-hybridized carbons (Fsp3) is 0.350. The van der Waals surface area contributed by atoms with Crippen LogP contribution in [0.25, 0.3) is 0 Å². The maximum absolute atomic E-state index is 12.5. The first kappa shape index (κ1) is 17.9. The number of carbonyl (C=O) groups excluding carboxylic acids is 1. The molecule has 2 aromatic rings. The fourth-order valence-electron chi connectivity index (χ4n) is 2.43. The molecule has 0 aliphatic rings. The monoisotopic (exact) mass is 327 g/mol. The molecule has 0 radical (unpaired) electrons. The lowest BCUT2D eigenvalue weighted by Gasteiger charge is -2.14. The van der Waals surface area contributed by atoms with E-state index in [-0.39, 0.29) is 5.91 Å². The smallest absolute Gasteiger partial charge is 0.255 e. The van der Waals surface area contributed by atoms with E-state index in [4.69, 9.17) is 9.47 Å². The minimum Gasteiger partial charge on any atom is -0.493 e. The number of methoxy groups -OCH3 is 1. The second-order valence-electron chi connectivity index (χ2n) is 6.40. The van der Waals surface area contributed by atoms with E-state index in [1.165, 1.54) is 0 Å². The first-order valence-electron chi connectivity index (χ1n) is 8.09. The predicted octanol–water partition coefficient (Wildman–Crippen LogP) is 4.60. The van der Waals surface area contributed by atoms with Gasteiger partial charge in [0, 0.05) is 11.3 Å². The van der Waals surface area contributed by atoms with Crippen LogP contribution in [0, 0.1) is 19.8 Å². The van der Waals surface area contributed by atoms with Crippen LogP contribution in [0.1, 0.15) is 35.3 Å². The zero-order chi connectivity index (χ0) is 17.7. The van der Waals surface area contributed by atoms with Crippen molar-refractivity contribution in [2.24, 2.45) is 5.92 Å². The summed E-state index contributed by atoms with van der Waals surface area (Å²) >= 11 is 0. The van der Waals surface area contributed by atoms with E-state index in [9.17, 15) is 4.79 Å². The average molecular weight is 327 g/mol. The van der Waals surface area contributed by atoms with Crippen molar-refractivity contribution in [1.29, 1.82) is 0 Å². The number of hydrogen-bond donors (Lipinski definition) is 1. The summed E-state index contributed by atoms with van der Waals surface area (Å²) in [7, 11) is 1.57. The highest BCUT2D eigenvalue weighted by atomic mass is 16.5. The molecule has 0 heterocycles. The largest absolute Gasteiger partial charge is 0.493 e.